The Morgan fingerprint density at radius 1 is 0.712 bits per heavy atom. The summed E-state index contributed by atoms with van der Waals surface area (Å²) in [4.78, 5) is 76.4. The van der Waals surface area contributed by atoms with Crippen molar-refractivity contribution in [2.75, 3.05) is 72.6 Å². The highest BCUT2D eigenvalue weighted by Gasteiger charge is 2.33. The van der Waals surface area contributed by atoms with Crippen LogP contribution in [0.15, 0.2) is 138 Å². The number of amides is 3. The van der Waals surface area contributed by atoms with Crippen LogP contribution in [0.1, 0.15) is 108 Å². The van der Waals surface area contributed by atoms with E-state index in [1.54, 1.807) is 67.8 Å². The lowest BCUT2D eigenvalue weighted by atomic mass is 9.92. The number of allylic oxidation sites excluding steroid dienone is 2. The number of esters is 1. The first-order chi connectivity index (χ1) is 49.0. The molecule has 7 atom stereocenters. The summed E-state index contributed by atoms with van der Waals surface area (Å²) < 4.78 is 21.1. The van der Waals surface area contributed by atoms with Crippen molar-refractivity contribution in [3.05, 3.63) is 177 Å². The molecule has 0 saturated carbocycles. The van der Waals surface area contributed by atoms with Gasteiger partial charge >= 0.3 is 12.1 Å². The van der Waals surface area contributed by atoms with E-state index in [1.165, 1.54) is 11.1 Å². The summed E-state index contributed by atoms with van der Waals surface area (Å²) in [6, 6.07) is 12.3. The van der Waals surface area contributed by atoms with Gasteiger partial charge in [0.05, 0.1) is 25.7 Å². The molecule has 12 N–H and O–H groups in total. The van der Waals surface area contributed by atoms with Crippen LogP contribution in [-0.2, 0) is 66.6 Å². The van der Waals surface area contributed by atoms with E-state index >= 15 is 0 Å². The molecule has 0 spiro atoms. The molecule has 0 saturated heterocycles. The summed E-state index contributed by atoms with van der Waals surface area (Å²) >= 11 is 20.1. The van der Waals surface area contributed by atoms with Gasteiger partial charge in [-0.2, -0.15) is 0 Å². The van der Waals surface area contributed by atoms with Crippen molar-refractivity contribution in [1.29, 1.82) is 0 Å². The van der Waals surface area contributed by atoms with Gasteiger partial charge in [-0.05, 0) is 209 Å². The first kappa shape index (κ1) is 86.5. The summed E-state index contributed by atoms with van der Waals surface area (Å²) in [7, 11) is 1.80. The Bertz CT molecular complexity index is 4030. The topological polar surface area (TPSA) is 328 Å². The number of nitrogens with one attached hydrogen (secondary N) is 8. The van der Waals surface area contributed by atoms with Crippen molar-refractivity contribution in [2.24, 2.45) is 5.92 Å². The summed E-state index contributed by atoms with van der Waals surface area (Å²) in [6.45, 7) is 25.9. The molecule has 32 heteroatoms. The van der Waals surface area contributed by atoms with Crippen LogP contribution in [0.25, 0.3) is 6.08 Å². The predicted octanol–water partition coefficient (Wildman–Crippen LogP) is 13.7. The van der Waals surface area contributed by atoms with E-state index < -0.39 is 5.60 Å². The van der Waals surface area contributed by atoms with Crippen molar-refractivity contribution in [1.82, 2.24) is 61.0 Å². The second-order valence-electron chi connectivity index (χ2n) is 25.9. The minimum Gasteiger partial charge on any atom is -0.488 e. The highest BCUT2D eigenvalue weighted by Crippen LogP contribution is 2.35. The first-order valence-corrected chi connectivity index (χ1v) is 38.6. The molecule has 0 fully saturated rings. The minimum absolute atomic E-state index is 0. The maximum atomic E-state index is 12.6. The molecule has 0 radical (unpaired) electrons. The number of nitrogens with two attached hydrogens (primary N) is 2. The SMILES string of the molecule is Br.CC1=C(CN(C)C(=O)/C=C/c2cnc3c(c2)CN[C@@H](C)CN3)OC2C=CC=CC12.CCOC(=O)[C@H](C)NCc1cc(Br)cnc1N.C[C@@H]1NCc2cc(Br)cnc2NC1=O.C[C@H]1CNc2ncc(Br)cc2CN1.C[C@H]1CNc2ncc(Br)cc2CN1C(=O)OC(C)(C)C.Nc1ncc(Br)cc1CBr. The zero-order chi connectivity index (χ0) is 75.1. The third-order valence-corrected chi connectivity index (χ3v) is 19.1. The number of rotatable bonds is 10. The van der Waals surface area contributed by atoms with Crippen molar-refractivity contribution in [2.45, 2.75) is 149 Å². The average Bonchev–Trinajstić information content (AvgIpc) is 1.67. The molecule has 11 heterocycles. The van der Waals surface area contributed by atoms with Gasteiger partial charge in [0, 0.05) is 181 Å². The minimum atomic E-state index is -0.491. The molecule has 6 aliphatic rings. The van der Waals surface area contributed by atoms with Crippen molar-refractivity contribution < 1.29 is 33.4 Å². The lowest BCUT2D eigenvalue weighted by Crippen LogP contribution is -2.43. The summed E-state index contributed by atoms with van der Waals surface area (Å²) in [5.74, 6) is 5.22. The maximum absolute atomic E-state index is 12.6. The number of alkyl halides is 1. The molecule has 562 valence electrons. The molecule has 6 aromatic heterocycles. The summed E-state index contributed by atoms with van der Waals surface area (Å²) in [5.41, 5.74) is 19.0. The largest absolute Gasteiger partial charge is 0.488 e. The van der Waals surface area contributed by atoms with E-state index in [-0.39, 0.29) is 71.0 Å². The number of nitrogen functional groups attached to an aromatic ring is 2. The molecule has 6 aromatic rings. The number of ether oxygens (including phenoxy) is 3. The Hall–Kier alpha value is -6.46. The molecule has 2 unspecified atom stereocenters. The average molecular weight is 1880 g/mol. The number of carbonyl (C=O) groups is 4. The van der Waals surface area contributed by atoms with Crippen LogP contribution in [0.2, 0.25) is 0 Å². The number of pyridine rings is 6. The molecule has 0 aromatic carbocycles. The molecule has 5 aliphatic heterocycles. The van der Waals surface area contributed by atoms with Crippen molar-refractivity contribution in [3.8, 4) is 0 Å². The van der Waals surface area contributed by atoms with Gasteiger partial charge in [-0.15, -0.1) is 17.0 Å². The highest BCUT2D eigenvalue weighted by molar-refractivity contribution is 9.11. The Morgan fingerprint density at radius 3 is 1.79 bits per heavy atom. The van der Waals surface area contributed by atoms with E-state index in [4.69, 9.17) is 25.7 Å². The van der Waals surface area contributed by atoms with E-state index in [1.807, 2.05) is 77.2 Å². The highest BCUT2D eigenvalue weighted by atomic mass is 79.9. The number of carbonyl (C=O) groups excluding carboxylic acids is 4. The third kappa shape index (κ3) is 27.4. The van der Waals surface area contributed by atoms with Gasteiger partial charge < -0.3 is 73.1 Å². The second kappa shape index (κ2) is 42.2. The lowest BCUT2D eigenvalue weighted by Gasteiger charge is -2.30. The van der Waals surface area contributed by atoms with Gasteiger partial charge in [-0.1, -0.05) is 34.2 Å². The molecule has 25 nitrogen and oxygen atoms in total. The fourth-order valence-electron chi connectivity index (χ4n) is 10.4. The summed E-state index contributed by atoms with van der Waals surface area (Å²) in [5, 5.41) is 26.4. The van der Waals surface area contributed by atoms with Gasteiger partial charge in [0.15, 0.2) is 0 Å². The van der Waals surface area contributed by atoms with Crippen LogP contribution in [0.5, 0.6) is 0 Å². The van der Waals surface area contributed by atoms with Crippen LogP contribution >= 0.6 is 113 Å². The molecular weight excluding hydrogens is 1790 g/mol. The van der Waals surface area contributed by atoms with E-state index in [0.717, 1.165) is 110 Å². The zero-order valence-corrected chi connectivity index (χ0v) is 71.2. The Morgan fingerprint density at radius 2 is 1.21 bits per heavy atom. The second-order valence-corrected chi connectivity index (χ2v) is 31.1. The smallest absolute Gasteiger partial charge is 0.410 e. The first-order valence-electron chi connectivity index (χ1n) is 33.5. The number of fused-ring (bicyclic) bond motifs is 5. The number of hydrogen-bond donors (Lipinski definition) is 10. The third-order valence-electron chi connectivity index (χ3n) is 16.3. The number of nitrogens with zero attached hydrogens (tertiary/aromatic N) is 8. The van der Waals surface area contributed by atoms with Gasteiger partial charge in [-0.3, -0.25) is 19.3 Å². The normalized spacial score (nSPS) is 19.1. The summed E-state index contributed by atoms with van der Waals surface area (Å²) in [6.07, 6.45) is 21.8. The monoisotopic (exact) mass is 1870 g/mol. The molecule has 1 aliphatic carbocycles. The van der Waals surface area contributed by atoms with Gasteiger partial charge in [0.1, 0.15) is 58.4 Å². The van der Waals surface area contributed by atoms with Crippen LogP contribution in [-0.4, -0.2) is 145 Å². The molecule has 104 heavy (non-hydrogen) atoms. The number of aromatic nitrogens is 6. The lowest BCUT2D eigenvalue weighted by molar-refractivity contribution is -0.145. The van der Waals surface area contributed by atoms with Crippen LogP contribution in [0.4, 0.5) is 39.7 Å². The number of halogens is 7. The van der Waals surface area contributed by atoms with E-state index in [9.17, 15) is 19.2 Å². The Labute approximate surface area is 670 Å². The quantitative estimate of drug-likeness (QED) is 0.0346. The van der Waals surface area contributed by atoms with Crippen molar-refractivity contribution in [3.63, 3.8) is 0 Å². The van der Waals surface area contributed by atoms with Crippen LogP contribution < -0.4 is 54.0 Å². The predicted molar refractivity (Wildman–Crippen MR) is 439 cm³/mol. The van der Waals surface area contributed by atoms with E-state index in [2.05, 4.69) is 219 Å². The van der Waals surface area contributed by atoms with Gasteiger partial charge in [-0.25, -0.2) is 34.7 Å². The number of anilines is 6. The van der Waals surface area contributed by atoms with Gasteiger partial charge in [0.2, 0.25) is 11.8 Å². The van der Waals surface area contributed by atoms with Crippen LogP contribution in [0.3, 0.4) is 0 Å². The Balaban J connectivity index is 0.000000202. The standard InChI is InChI=1S/C23H28N4O2.C14H20BrN3O2.C11H16BrN3O2.C9H10BrN3O.C9H12BrN3.C6H6Br2N2.BrH/c1-15-11-25-23-18(13-24-15)10-17(12-26-23)8-9-22(28)27(3)14-21-16(2)19-6-4-5-7-20(19)29-21;1-9-6-16-12-10(5-11(15)7-17-12)8-18(9)13(19)20-14(2,3)4;1-3-17-11(16)7(2)14-5-8-4-9(12)6-15-10(8)13;1-5-9(14)13-8-6(3-11-5)2-7(10)4-12-8;1-6-3-12-9-7(4-11-6)2-8(10)5-13-9;7-2-4-1-5(8)3-10-6(4)9;/h4-10,12,15,19-20,24H,11,13-14H2,1-3H3,(H,25,26);5,7,9H,6,8H2,1-4H3,(H,16,17);4,6-7,14H,3,5H2,1-2H3,(H2,13,15);2,4-5,11H,3H2,1H3,(H,12,13,14);2,5-6,11H,3-4H2,1H3,(H,12,13);1,3H,2H2,(H2,9,10);1H/b9-8+;;;;;;/t15-,19?,20?;9-;7-;5-;6-;;/m00000../s1. The maximum Gasteiger partial charge on any atom is 0.410 e. The van der Waals surface area contributed by atoms with Crippen LogP contribution in [0, 0.1) is 5.92 Å². The fourth-order valence-corrected chi connectivity index (χ4v) is 12.7. The van der Waals surface area contributed by atoms with E-state index in [0.29, 0.717) is 68.9 Å². The van der Waals surface area contributed by atoms with Crippen molar-refractivity contribution >= 4 is 177 Å². The Kier molecular flexibility index (Phi) is 35.1. The van der Waals surface area contributed by atoms with Gasteiger partial charge in [0.25, 0.3) is 0 Å². The fraction of sp³-hybridized carbons (Fsp3) is 0.417. The molecule has 3 amide bonds. The number of likely N-dealkylation sites (N-methyl/N-ethyl adjacent to an activating group) is 1. The number of hydrogen-bond acceptors (Lipinski definition) is 22. The molecule has 0 bridgehead atoms. The molecular formula is C72H93Br7N18O7. The zero-order valence-electron chi connectivity index (χ0n) is 60.0. The molecule has 12 rings (SSSR count).